The van der Waals surface area contributed by atoms with Crippen LogP contribution in [0.5, 0.6) is 0 Å². The summed E-state index contributed by atoms with van der Waals surface area (Å²) in [5.41, 5.74) is -1.53. The topological polar surface area (TPSA) is 57.5 Å². The molecule has 3 heteroatoms. The fraction of sp³-hybridized carbons (Fsp3) is 0.308. The Morgan fingerprint density at radius 2 is 2.12 bits per heavy atom. The molecule has 0 aromatic rings. The van der Waals surface area contributed by atoms with Gasteiger partial charge in [0.25, 0.3) is 0 Å². The fourth-order valence-electron chi connectivity index (χ4n) is 1.69. The zero-order chi connectivity index (χ0) is 11.6. The van der Waals surface area contributed by atoms with Crippen LogP contribution in [0.2, 0.25) is 0 Å². The quantitative estimate of drug-likeness (QED) is 0.556. The minimum Gasteiger partial charge on any atom is -0.376 e. The first-order valence-electron chi connectivity index (χ1n) is 4.97. The van der Waals surface area contributed by atoms with E-state index in [4.69, 9.17) is 0 Å². The third-order valence-corrected chi connectivity index (χ3v) is 2.55. The molecule has 80 valence electrons. The van der Waals surface area contributed by atoms with Crippen LogP contribution in [0.4, 0.5) is 0 Å². The van der Waals surface area contributed by atoms with Crippen LogP contribution in [-0.2, 0) is 4.79 Å². The lowest BCUT2D eigenvalue weighted by molar-refractivity contribution is -0.130. The molecular weight excluding hydrogens is 204 g/mol. The second-order valence-corrected chi connectivity index (χ2v) is 3.68. The number of ketones is 1. The molecule has 0 saturated carbocycles. The predicted octanol–water partition coefficient (Wildman–Crippen LogP) is -0.0557. The number of carbonyl (C=O) groups excluding carboxylic acids is 1. The molecular formula is C13H10O3. The molecule has 0 amide bonds. The molecule has 0 saturated heterocycles. The Balaban J connectivity index is 2.53. The van der Waals surface area contributed by atoms with Crippen molar-refractivity contribution in [1.82, 2.24) is 0 Å². The molecule has 2 N–H and O–H groups in total. The van der Waals surface area contributed by atoms with Gasteiger partial charge in [-0.05, 0) is 25.0 Å². The van der Waals surface area contributed by atoms with Gasteiger partial charge in [-0.1, -0.05) is 29.8 Å². The summed E-state index contributed by atoms with van der Waals surface area (Å²) >= 11 is 0. The number of fused-ring (bicyclic) bond motifs is 2. The van der Waals surface area contributed by atoms with Crippen molar-refractivity contribution in [2.45, 2.75) is 24.5 Å². The summed E-state index contributed by atoms with van der Waals surface area (Å²) in [7, 11) is 0. The maximum atomic E-state index is 11.9. The summed E-state index contributed by atoms with van der Waals surface area (Å²) in [5, 5.41) is 19.7. The molecule has 2 aliphatic carbocycles. The van der Waals surface area contributed by atoms with Gasteiger partial charge in [-0.15, -0.1) is 0 Å². The van der Waals surface area contributed by atoms with Gasteiger partial charge in [0.15, 0.2) is 5.60 Å². The monoisotopic (exact) mass is 214 g/mol. The Labute approximate surface area is 93.5 Å². The molecule has 2 atom stereocenters. The molecule has 0 radical (unpaired) electrons. The van der Waals surface area contributed by atoms with Crippen LogP contribution in [0, 0.1) is 23.7 Å². The summed E-state index contributed by atoms with van der Waals surface area (Å²) < 4.78 is 0. The second kappa shape index (κ2) is 3.98. The number of hydrogen-bond acceptors (Lipinski definition) is 3. The number of hydrogen-bond donors (Lipinski definition) is 2. The Bertz CT molecular complexity index is 505. The first-order chi connectivity index (χ1) is 7.63. The Hall–Kier alpha value is -1.81. The molecule has 3 nitrogen and oxygen atoms in total. The lowest BCUT2D eigenvalue weighted by Gasteiger charge is -2.26. The van der Waals surface area contributed by atoms with Gasteiger partial charge < -0.3 is 10.2 Å². The van der Waals surface area contributed by atoms with Gasteiger partial charge in [-0.25, -0.2) is 0 Å². The minimum atomic E-state index is -1.67. The molecule has 0 aromatic carbocycles. The van der Waals surface area contributed by atoms with Crippen LogP contribution in [-0.4, -0.2) is 27.7 Å². The maximum absolute atomic E-state index is 11.9. The summed E-state index contributed by atoms with van der Waals surface area (Å²) in [6.07, 6.45) is 4.16. The molecule has 0 aliphatic heterocycles. The molecule has 0 heterocycles. The number of rotatable bonds is 0. The van der Waals surface area contributed by atoms with Gasteiger partial charge in [0.2, 0.25) is 5.78 Å². The van der Waals surface area contributed by atoms with Crippen LogP contribution in [0.3, 0.4) is 0 Å². The van der Waals surface area contributed by atoms with Crippen molar-refractivity contribution >= 4 is 5.78 Å². The van der Waals surface area contributed by atoms with E-state index in [2.05, 4.69) is 23.7 Å². The molecule has 0 spiro atoms. The first-order valence-corrected chi connectivity index (χ1v) is 4.97. The standard InChI is InChI=1S/C13H10O3/c14-11-7-3-1-2-4-8-13(16)9-5-6-10(11)12(13)15/h1-2,6,11,14,16H,5,9H2. The smallest absolute Gasteiger partial charge is 0.206 e. The van der Waals surface area contributed by atoms with E-state index in [1.165, 1.54) is 12.2 Å². The number of allylic oxidation sites excluding steroid dienone is 3. The van der Waals surface area contributed by atoms with Crippen molar-refractivity contribution in [2.24, 2.45) is 0 Å². The van der Waals surface area contributed by atoms with Crippen LogP contribution >= 0.6 is 0 Å². The van der Waals surface area contributed by atoms with Gasteiger partial charge in [0.05, 0.1) is 0 Å². The lowest BCUT2D eigenvalue weighted by Crippen LogP contribution is -2.42. The Morgan fingerprint density at radius 3 is 2.94 bits per heavy atom. The zero-order valence-electron chi connectivity index (χ0n) is 8.53. The van der Waals surface area contributed by atoms with E-state index in [1.54, 1.807) is 6.08 Å². The van der Waals surface area contributed by atoms with Crippen LogP contribution in [0.15, 0.2) is 23.8 Å². The molecule has 2 bridgehead atoms. The SMILES string of the molecule is O=C1C2=CCCC1(O)C#CC=CC#CC2O. The highest BCUT2D eigenvalue weighted by Gasteiger charge is 2.40. The number of aliphatic hydroxyl groups excluding tert-OH is 1. The summed E-state index contributed by atoms with van der Waals surface area (Å²) in [5.74, 6) is 9.65. The number of Topliss-reactive ketones (excluding diaryl/α,β-unsaturated/α-hetero) is 1. The van der Waals surface area contributed by atoms with Gasteiger partial charge >= 0.3 is 0 Å². The van der Waals surface area contributed by atoms with Gasteiger partial charge in [0, 0.05) is 5.57 Å². The van der Waals surface area contributed by atoms with Crippen molar-refractivity contribution < 1.29 is 15.0 Å². The maximum Gasteiger partial charge on any atom is 0.206 e. The molecule has 16 heavy (non-hydrogen) atoms. The number of aliphatic hydroxyl groups is 2. The number of carbonyl (C=O) groups is 1. The third kappa shape index (κ3) is 1.79. The van der Waals surface area contributed by atoms with Crippen molar-refractivity contribution in [3.05, 3.63) is 23.8 Å². The summed E-state index contributed by atoms with van der Waals surface area (Å²) in [6.45, 7) is 0. The lowest BCUT2D eigenvalue weighted by atomic mass is 9.81. The van der Waals surface area contributed by atoms with Crippen LogP contribution in [0.1, 0.15) is 12.8 Å². The van der Waals surface area contributed by atoms with E-state index in [9.17, 15) is 15.0 Å². The fourth-order valence-corrected chi connectivity index (χ4v) is 1.69. The zero-order valence-corrected chi connectivity index (χ0v) is 8.53. The van der Waals surface area contributed by atoms with Crippen molar-refractivity contribution in [3.8, 4) is 23.7 Å². The molecule has 2 rings (SSSR count). The van der Waals surface area contributed by atoms with Crippen molar-refractivity contribution in [1.29, 1.82) is 0 Å². The highest BCUT2D eigenvalue weighted by molar-refractivity contribution is 6.06. The average molecular weight is 214 g/mol. The van der Waals surface area contributed by atoms with Gasteiger partial charge in [-0.2, -0.15) is 0 Å². The predicted molar refractivity (Wildman–Crippen MR) is 58.0 cm³/mol. The van der Waals surface area contributed by atoms with E-state index < -0.39 is 17.5 Å². The molecule has 0 fully saturated rings. The summed E-state index contributed by atoms with van der Waals surface area (Å²) in [4.78, 5) is 11.9. The highest BCUT2D eigenvalue weighted by atomic mass is 16.3. The Morgan fingerprint density at radius 1 is 1.38 bits per heavy atom. The van der Waals surface area contributed by atoms with E-state index >= 15 is 0 Å². The second-order valence-electron chi connectivity index (χ2n) is 3.68. The largest absolute Gasteiger partial charge is 0.376 e. The van der Waals surface area contributed by atoms with E-state index in [0.717, 1.165) is 0 Å². The van der Waals surface area contributed by atoms with Gasteiger partial charge in [0.1, 0.15) is 6.10 Å². The highest BCUT2D eigenvalue weighted by Crippen LogP contribution is 2.26. The normalized spacial score (nSPS) is 31.8. The van der Waals surface area contributed by atoms with E-state index in [-0.39, 0.29) is 12.0 Å². The van der Waals surface area contributed by atoms with Crippen molar-refractivity contribution in [3.63, 3.8) is 0 Å². The molecule has 0 aromatic heterocycles. The first kappa shape index (κ1) is 10.7. The van der Waals surface area contributed by atoms with E-state index in [1.807, 2.05) is 0 Å². The van der Waals surface area contributed by atoms with E-state index in [0.29, 0.717) is 6.42 Å². The van der Waals surface area contributed by atoms with Crippen LogP contribution in [0.25, 0.3) is 0 Å². The average Bonchev–Trinajstić information content (AvgIpc) is 2.25. The molecule has 2 aliphatic rings. The summed E-state index contributed by atoms with van der Waals surface area (Å²) in [6, 6.07) is 0. The van der Waals surface area contributed by atoms with Crippen molar-refractivity contribution in [2.75, 3.05) is 0 Å². The van der Waals surface area contributed by atoms with Crippen LogP contribution < -0.4 is 0 Å². The van der Waals surface area contributed by atoms with Gasteiger partial charge in [-0.3, -0.25) is 4.79 Å². The third-order valence-electron chi connectivity index (χ3n) is 2.55. The molecule has 2 unspecified atom stereocenters. The Kier molecular flexibility index (Phi) is 2.66. The minimum absolute atomic E-state index is 0.144.